The Morgan fingerprint density at radius 3 is 2.50 bits per heavy atom. The molecular formula is C36H49ClN2O6S. The number of hydrogen-bond donors (Lipinski definition) is 1. The molecule has 1 saturated carbocycles. The van der Waals surface area contributed by atoms with Gasteiger partial charge in [-0.15, -0.1) is 0 Å². The van der Waals surface area contributed by atoms with E-state index in [0.717, 1.165) is 68.6 Å². The lowest BCUT2D eigenvalue weighted by molar-refractivity contribution is -0.224. The maximum Gasteiger partial charge on any atom is 0.264 e. The molecule has 0 spiro atoms. The van der Waals surface area contributed by atoms with E-state index in [4.69, 9.17) is 25.8 Å². The van der Waals surface area contributed by atoms with Gasteiger partial charge in [0.05, 0.1) is 30.8 Å². The first-order chi connectivity index (χ1) is 22.1. The van der Waals surface area contributed by atoms with E-state index in [0.29, 0.717) is 49.5 Å². The fraction of sp³-hybridized carbons (Fsp3) is 0.639. The fourth-order valence-corrected chi connectivity index (χ4v) is 9.43. The van der Waals surface area contributed by atoms with Gasteiger partial charge in [0.25, 0.3) is 5.91 Å². The number of rotatable bonds is 4. The minimum atomic E-state index is -3.88. The Morgan fingerprint density at radius 2 is 1.76 bits per heavy atom. The van der Waals surface area contributed by atoms with Gasteiger partial charge < -0.3 is 19.1 Å². The van der Waals surface area contributed by atoms with Crippen molar-refractivity contribution in [1.29, 1.82) is 0 Å². The number of nitrogens with zero attached hydrogens (tertiary/aromatic N) is 1. The molecule has 1 N–H and O–H groups in total. The van der Waals surface area contributed by atoms with Crippen LogP contribution < -0.4 is 14.4 Å². The van der Waals surface area contributed by atoms with Crippen molar-refractivity contribution in [3.63, 3.8) is 0 Å². The third-order valence-electron chi connectivity index (χ3n) is 10.9. The Kier molecular flexibility index (Phi) is 10.5. The minimum Gasteiger partial charge on any atom is -0.491 e. The van der Waals surface area contributed by atoms with Gasteiger partial charge in [-0.3, -0.25) is 4.79 Å². The standard InChI is InChI=1S/C36H49ClN2O6S/c1-4-7-25-18-29(37)12-14-30(25)28-21-39-20-27-10-13-31(27)32(36-43-16-6-17-44-36)9-5-8-23(2)24(3)46(41,42)38-35(40)26-11-15-34(45-22-28)33(39)19-26/h11-12,14-15,18-19,23-24,27-28,31-32,36H,4-10,13,16-17,20-22H2,1-3H3,(H,38,40). The molecule has 1 saturated heterocycles. The second kappa shape index (κ2) is 14.4. The molecule has 2 aromatic rings. The monoisotopic (exact) mass is 672 g/mol. The molecular weight excluding hydrogens is 624 g/mol. The van der Waals surface area contributed by atoms with Crippen LogP contribution in [0, 0.1) is 23.7 Å². The molecule has 0 radical (unpaired) electrons. The highest BCUT2D eigenvalue weighted by molar-refractivity contribution is 7.90. The quantitative estimate of drug-likeness (QED) is 0.376. The van der Waals surface area contributed by atoms with Gasteiger partial charge in [-0.05, 0) is 105 Å². The van der Waals surface area contributed by atoms with Crippen LogP contribution in [0.5, 0.6) is 5.75 Å². The number of ether oxygens (including phenoxy) is 3. The molecule has 2 fully saturated rings. The maximum atomic E-state index is 13.4. The summed E-state index contributed by atoms with van der Waals surface area (Å²) in [5, 5.41) is 0.0272. The topological polar surface area (TPSA) is 94.2 Å². The van der Waals surface area contributed by atoms with Crippen LogP contribution in [0.25, 0.3) is 0 Å². The molecule has 2 aromatic carbocycles. The van der Waals surface area contributed by atoms with Crippen LogP contribution >= 0.6 is 11.6 Å². The van der Waals surface area contributed by atoms with E-state index < -0.39 is 21.2 Å². The Hall–Kier alpha value is -2.33. The van der Waals surface area contributed by atoms with E-state index in [-0.39, 0.29) is 24.0 Å². The zero-order chi connectivity index (χ0) is 32.4. The van der Waals surface area contributed by atoms with Crippen LogP contribution in [-0.2, 0) is 25.9 Å². The van der Waals surface area contributed by atoms with Crippen LogP contribution in [-0.4, -0.2) is 58.8 Å². The summed E-state index contributed by atoms with van der Waals surface area (Å²) in [6.45, 7) is 9.30. The summed E-state index contributed by atoms with van der Waals surface area (Å²) in [7, 11) is -3.88. The number of amides is 1. The second-order valence-corrected chi connectivity index (χ2v) is 16.4. The van der Waals surface area contributed by atoms with Gasteiger partial charge in [0, 0.05) is 35.5 Å². The molecule has 8 nitrogen and oxygen atoms in total. The highest BCUT2D eigenvalue weighted by atomic mass is 35.5. The van der Waals surface area contributed by atoms with Crippen LogP contribution in [0.3, 0.4) is 0 Å². The van der Waals surface area contributed by atoms with Crippen molar-refractivity contribution in [3.8, 4) is 5.75 Å². The van der Waals surface area contributed by atoms with Gasteiger partial charge in [-0.2, -0.15) is 0 Å². The molecule has 252 valence electrons. The predicted octanol–water partition coefficient (Wildman–Crippen LogP) is 6.95. The number of carbonyl (C=O) groups is 1. The Labute approximate surface area is 279 Å². The molecule has 2 bridgehead atoms. The number of benzene rings is 2. The van der Waals surface area contributed by atoms with E-state index in [2.05, 4.69) is 28.7 Å². The van der Waals surface area contributed by atoms with Gasteiger partial charge in [-0.1, -0.05) is 44.4 Å². The van der Waals surface area contributed by atoms with E-state index in [1.807, 2.05) is 25.1 Å². The van der Waals surface area contributed by atoms with Crippen molar-refractivity contribution < 1.29 is 27.4 Å². The Morgan fingerprint density at radius 1 is 0.957 bits per heavy atom. The lowest BCUT2D eigenvalue weighted by atomic mass is 9.65. The number of nitrogens with one attached hydrogen (secondary N) is 1. The van der Waals surface area contributed by atoms with Crippen molar-refractivity contribution in [1.82, 2.24) is 4.72 Å². The van der Waals surface area contributed by atoms with Crippen LogP contribution in [0.15, 0.2) is 36.4 Å². The number of hydrogen-bond acceptors (Lipinski definition) is 7. The summed E-state index contributed by atoms with van der Waals surface area (Å²) in [5.74, 6) is 1.22. The van der Waals surface area contributed by atoms with Crippen LogP contribution in [0.1, 0.15) is 93.1 Å². The molecule has 3 aliphatic heterocycles. The zero-order valence-electron chi connectivity index (χ0n) is 27.4. The fourth-order valence-electron chi connectivity index (χ4n) is 7.93. The summed E-state index contributed by atoms with van der Waals surface area (Å²) in [5.41, 5.74) is 3.63. The lowest BCUT2D eigenvalue weighted by Crippen LogP contribution is -2.47. The van der Waals surface area contributed by atoms with Crippen molar-refractivity contribution in [3.05, 3.63) is 58.1 Å². The van der Waals surface area contributed by atoms with Gasteiger partial charge in [0.1, 0.15) is 5.75 Å². The summed E-state index contributed by atoms with van der Waals surface area (Å²) in [6, 6.07) is 11.5. The third-order valence-corrected chi connectivity index (χ3v) is 13.1. The third kappa shape index (κ3) is 7.23. The number of aryl methyl sites for hydroxylation is 1. The summed E-state index contributed by atoms with van der Waals surface area (Å²) in [6.07, 6.45) is 7.44. The Balaban J connectivity index is 1.38. The number of carbonyl (C=O) groups excluding carboxylic acids is 1. The van der Waals surface area contributed by atoms with Crippen molar-refractivity contribution >= 4 is 33.2 Å². The van der Waals surface area contributed by atoms with Gasteiger partial charge >= 0.3 is 0 Å². The first-order valence-corrected chi connectivity index (χ1v) is 19.2. The first kappa shape index (κ1) is 33.6. The normalized spacial score (nSPS) is 30.7. The molecule has 1 amide bonds. The van der Waals surface area contributed by atoms with E-state index >= 15 is 0 Å². The molecule has 6 unspecified atom stereocenters. The first-order valence-electron chi connectivity index (χ1n) is 17.2. The summed E-state index contributed by atoms with van der Waals surface area (Å²) < 4.78 is 48.0. The highest BCUT2D eigenvalue weighted by Gasteiger charge is 2.43. The summed E-state index contributed by atoms with van der Waals surface area (Å²) in [4.78, 5) is 15.8. The van der Waals surface area contributed by atoms with Crippen molar-refractivity contribution in [2.24, 2.45) is 23.7 Å². The molecule has 4 aliphatic rings. The number of sulfonamides is 1. The van der Waals surface area contributed by atoms with E-state index in [9.17, 15) is 13.2 Å². The molecule has 1 aliphatic carbocycles. The van der Waals surface area contributed by atoms with E-state index in [1.54, 1.807) is 13.0 Å². The molecule has 46 heavy (non-hydrogen) atoms. The average Bonchev–Trinajstić information content (AvgIpc) is 3.21. The average molecular weight is 673 g/mol. The highest BCUT2D eigenvalue weighted by Crippen LogP contribution is 2.47. The second-order valence-electron chi connectivity index (χ2n) is 13.9. The SMILES string of the molecule is CCCc1cc(Cl)ccc1C1COc2ccc3cc2N(C1)CC1CCC1C(C1OCCCO1)CCCC(C)C(C)S(=O)(=O)NC3=O. The lowest BCUT2D eigenvalue weighted by Gasteiger charge is -2.47. The molecule has 6 atom stereocenters. The van der Waals surface area contributed by atoms with Crippen LogP contribution in [0.4, 0.5) is 5.69 Å². The van der Waals surface area contributed by atoms with Crippen molar-refractivity contribution in [2.45, 2.75) is 89.6 Å². The Bertz CT molecular complexity index is 1500. The molecule has 6 rings (SSSR count). The van der Waals surface area contributed by atoms with Gasteiger partial charge in [-0.25, -0.2) is 13.1 Å². The van der Waals surface area contributed by atoms with Gasteiger partial charge in [0.2, 0.25) is 10.0 Å². The smallest absolute Gasteiger partial charge is 0.264 e. The number of anilines is 1. The van der Waals surface area contributed by atoms with Crippen LogP contribution in [0.2, 0.25) is 5.02 Å². The minimum absolute atomic E-state index is 0.0936. The zero-order valence-corrected chi connectivity index (χ0v) is 29.0. The summed E-state index contributed by atoms with van der Waals surface area (Å²) >= 11 is 6.44. The molecule has 3 heterocycles. The predicted molar refractivity (Wildman–Crippen MR) is 181 cm³/mol. The van der Waals surface area contributed by atoms with E-state index in [1.165, 1.54) is 11.1 Å². The largest absolute Gasteiger partial charge is 0.491 e. The van der Waals surface area contributed by atoms with Crippen molar-refractivity contribution in [2.75, 3.05) is 37.8 Å². The van der Waals surface area contributed by atoms with Gasteiger partial charge in [0.15, 0.2) is 6.29 Å². The molecule has 10 heteroatoms. The number of halogens is 1. The number of fused-ring (bicyclic) bond motifs is 2. The molecule has 0 aromatic heterocycles. The maximum absolute atomic E-state index is 13.4.